The second-order valence-corrected chi connectivity index (χ2v) is 5.74. The van der Waals surface area contributed by atoms with Gasteiger partial charge >= 0.3 is 0 Å². The fourth-order valence-electron chi connectivity index (χ4n) is 3.22. The molecule has 1 aliphatic heterocycles. The van der Waals surface area contributed by atoms with Crippen LogP contribution in [0.2, 0.25) is 0 Å². The monoisotopic (exact) mass is 222 g/mol. The molecule has 0 radical (unpaired) electrons. The van der Waals surface area contributed by atoms with Crippen molar-refractivity contribution in [2.45, 2.75) is 63.3 Å². The number of epoxide rings is 1. The molecule has 0 aromatic carbocycles. The van der Waals surface area contributed by atoms with Crippen LogP contribution >= 0.6 is 0 Å². The lowest BCUT2D eigenvalue weighted by Crippen LogP contribution is -2.17. The van der Waals surface area contributed by atoms with E-state index < -0.39 is 0 Å². The van der Waals surface area contributed by atoms with Gasteiger partial charge in [0.2, 0.25) is 0 Å². The molecule has 3 fully saturated rings. The fourth-order valence-corrected chi connectivity index (χ4v) is 3.22. The average molecular weight is 222 g/mol. The minimum atomic E-state index is -0.0278. The van der Waals surface area contributed by atoms with Gasteiger partial charge in [-0.1, -0.05) is 12.2 Å². The lowest BCUT2D eigenvalue weighted by Gasteiger charge is -2.23. The van der Waals surface area contributed by atoms with Crippen LogP contribution < -0.4 is 0 Å². The smallest absolute Gasteiger partial charge is 0.0847 e. The van der Waals surface area contributed by atoms with Crippen LogP contribution in [0.3, 0.4) is 0 Å². The minimum Gasteiger partial charge on any atom is -0.393 e. The first-order valence-corrected chi connectivity index (χ1v) is 6.83. The number of ether oxygens (including phenoxy) is 1. The number of aliphatic hydroxyl groups is 1. The summed E-state index contributed by atoms with van der Waals surface area (Å²) in [6, 6.07) is 0. The van der Waals surface area contributed by atoms with Crippen molar-refractivity contribution in [3.8, 4) is 0 Å². The van der Waals surface area contributed by atoms with Gasteiger partial charge in [0.15, 0.2) is 0 Å². The molecule has 90 valence electrons. The van der Waals surface area contributed by atoms with Crippen LogP contribution in [0.15, 0.2) is 12.2 Å². The molecule has 3 unspecified atom stereocenters. The predicted molar refractivity (Wildman–Crippen MR) is 63.1 cm³/mol. The highest BCUT2D eigenvalue weighted by molar-refractivity contribution is 5.01. The van der Waals surface area contributed by atoms with E-state index in [1.807, 2.05) is 0 Å². The fraction of sp³-hybridized carbons (Fsp3) is 0.857. The molecule has 1 heterocycles. The van der Waals surface area contributed by atoms with Crippen LogP contribution in [0.25, 0.3) is 0 Å². The molecule has 0 spiro atoms. The Labute approximate surface area is 97.7 Å². The molecule has 1 saturated heterocycles. The molecular weight excluding hydrogens is 200 g/mol. The third-order valence-corrected chi connectivity index (χ3v) is 4.44. The van der Waals surface area contributed by atoms with Gasteiger partial charge < -0.3 is 9.84 Å². The Morgan fingerprint density at radius 1 is 0.812 bits per heavy atom. The summed E-state index contributed by atoms with van der Waals surface area (Å²) in [5.41, 5.74) is 0. The highest BCUT2D eigenvalue weighted by Crippen LogP contribution is 2.40. The van der Waals surface area contributed by atoms with Gasteiger partial charge in [-0.15, -0.1) is 0 Å². The maximum atomic E-state index is 9.44. The summed E-state index contributed by atoms with van der Waals surface area (Å²) in [6.45, 7) is 0. The van der Waals surface area contributed by atoms with E-state index in [9.17, 15) is 5.11 Å². The Kier molecular flexibility index (Phi) is 3.03. The Balaban J connectivity index is 1.46. The number of allylic oxidation sites excluding steroid dienone is 2. The molecule has 2 heteroatoms. The molecule has 16 heavy (non-hydrogen) atoms. The van der Waals surface area contributed by atoms with Crippen LogP contribution in [-0.4, -0.2) is 23.4 Å². The van der Waals surface area contributed by atoms with Gasteiger partial charge in [0.05, 0.1) is 18.3 Å². The number of rotatable bonds is 2. The quantitative estimate of drug-likeness (QED) is 0.575. The van der Waals surface area contributed by atoms with Crippen LogP contribution in [0, 0.1) is 11.8 Å². The maximum Gasteiger partial charge on any atom is 0.0847 e. The summed E-state index contributed by atoms with van der Waals surface area (Å²) < 4.78 is 5.55. The molecule has 1 N–H and O–H groups in total. The summed E-state index contributed by atoms with van der Waals surface area (Å²) in [6.07, 6.45) is 14.2. The third-order valence-electron chi connectivity index (χ3n) is 4.44. The van der Waals surface area contributed by atoms with Gasteiger partial charge in [-0.3, -0.25) is 0 Å². The van der Waals surface area contributed by atoms with Gasteiger partial charge in [0.25, 0.3) is 0 Å². The van der Waals surface area contributed by atoms with Crippen molar-refractivity contribution in [2.75, 3.05) is 0 Å². The van der Waals surface area contributed by atoms with E-state index >= 15 is 0 Å². The van der Waals surface area contributed by atoms with Crippen molar-refractivity contribution < 1.29 is 9.84 Å². The zero-order valence-corrected chi connectivity index (χ0v) is 9.85. The average Bonchev–Trinajstić information content (AvgIpc) is 3.06. The number of hydrogen-bond donors (Lipinski definition) is 1. The van der Waals surface area contributed by atoms with Crippen molar-refractivity contribution >= 4 is 0 Å². The van der Waals surface area contributed by atoms with E-state index in [0.717, 1.165) is 24.7 Å². The molecule has 2 nitrogen and oxygen atoms in total. The van der Waals surface area contributed by atoms with Crippen molar-refractivity contribution in [3.63, 3.8) is 0 Å². The van der Waals surface area contributed by atoms with E-state index in [-0.39, 0.29) is 6.10 Å². The normalized spacial score (nSPS) is 47.9. The van der Waals surface area contributed by atoms with Gasteiger partial charge in [0.1, 0.15) is 0 Å². The molecule has 0 aromatic rings. The predicted octanol–water partition coefficient (Wildman–Crippen LogP) is 2.66. The Hall–Kier alpha value is -0.340. The molecule has 2 aliphatic carbocycles. The first-order chi connectivity index (χ1) is 7.81. The highest BCUT2D eigenvalue weighted by atomic mass is 16.6. The van der Waals surface area contributed by atoms with E-state index in [4.69, 9.17) is 4.74 Å². The zero-order chi connectivity index (χ0) is 11.0. The van der Waals surface area contributed by atoms with Crippen LogP contribution in [0.5, 0.6) is 0 Å². The van der Waals surface area contributed by atoms with Crippen molar-refractivity contribution in [1.29, 1.82) is 0 Å². The Bertz CT molecular complexity index is 266. The second-order valence-electron chi connectivity index (χ2n) is 5.74. The summed E-state index contributed by atoms with van der Waals surface area (Å²) in [5, 5.41) is 9.44. The van der Waals surface area contributed by atoms with Gasteiger partial charge in [-0.25, -0.2) is 0 Å². The molecule has 3 atom stereocenters. The van der Waals surface area contributed by atoms with Crippen molar-refractivity contribution in [1.82, 2.24) is 0 Å². The lowest BCUT2D eigenvalue weighted by molar-refractivity contribution is 0.118. The van der Waals surface area contributed by atoms with Crippen molar-refractivity contribution in [3.05, 3.63) is 12.2 Å². The number of fused-ring (bicyclic) bond motifs is 1. The van der Waals surface area contributed by atoms with E-state index in [1.165, 1.54) is 32.1 Å². The first kappa shape index (κ1) is 10.8. The van der Waals surface area contributed by atoms with Gasteiger partial charge in [0, 0.05) is 0 Å². The molecule has 0 aromatic heterocycles. The lowest BCUT2D eigenvalue weighted by atomic mass is 9.84. The molecule has 3 rings (SSSR count). The van der Waals surface area contributed by atoms with Crippen LogP contribution in [0.1, 0.15) is 44.9 Å². The standard InChI is InChI=1S/C14H22O2/c15-12-6-3-10(4-7-12)1-2-11-5-8-13-14(9-11)16-13/h1-2,10-15H,3-9H2/b2-1-. The molecule has 0 bridgehead atoms. The topological polar surface area (TPSA) is 32.8 Å². The van der Waals surface area contributed by atoms with E-state index in [0.29, 0.717) is 12.2 Å². The second kappa shape index (κ2) is 4.50. The summed E-state index contributed by atoms with van der Waals surface area (Å²) in [5.74, 6) is 1.48. The van der Waals surface area contributed by atoms with Gasteiger partial charge in [-0.05, 0) is 56.8 Å². The third kappa shape index (κ3) is 2.49. The van der Waals surface area contributed by atoms with Crippen molar-refractivity contribution in [2.24, 2.45) is 11.8 Å². The largest absolute Gasteiger partial charge is 0.393 e. The summed E-state index contributed by atoms with van der Waals surface area (Å²) >= 11 is 0. The molecular formula is C14H22O2. The SMILES string of the molecule is OC1CCC(/C=C\C2CCC3OC3C2)CC1. The number of hydrogen-bond acceptors (Lipinski definition) is 2. The van der Waals surface area contributed by atoms with E-state index in [2.05, 4.69) is 12.2 Å². The Morgan fingerprint density at radius 2 is 1.50 bits per heavy atom. The summed E-state index contributed by atoms with van der Waals surface area (Å²) in [4.78, 5) is 0. The molecule has 2 saturated carbocycles. The van der Waals surface area contributed by atoms with E-state index in [1.54, 1.807) is 0 Å². The molecule has 0 amide bonds. The highest BCUT2D eigenvalue weighted by Gasteiger charge is 2.43. The minimum absolute atomic E-state index is 0.0278. The first-order valence-electron chi connectivity index (χ1n) is 6.83. The summed E-state index contributed by atoms with van der Waals surface area (Å²) in [7, 11) is 0. The Morgan fingerprint density at radius 3 is 2.25 bits per heavy atom. The number of aliphatic hydroxyl groups excluding tert-OH is 1. The van der Waals surface area contributed by atoms with Crippen LogP contribution in [0.4, 0.5) is 0 Å². The van der Waals surface area contributed by atoms with Gasteiger partial charge in [-0.2, -0.15) is 0 Å². The maximum absolute atomic E-state index is 9.44. The van der Waals surface area contributed by atoms with Crippen LogP contribution in [-0.2, 0) is 4.74 Å². The zero-order valence-electron chi connectivity index (χ0n) is 9.85. The molecule has 3 aliphatic rings.